The van der Waals surface area contributed by atoms with Crippen LogP contribution in [-0.2, 0) is 4.79 Å². The number of ether oxygens (including phenoxy) is 2. The first kappa shape index (κ1) is 20.1. The van der Waals surface area contributed by atoms with Crippen LogP contribution in [0, 0.1) is 0 Å². The summed E-state index contributed by atoms with van der Waals surface area (Å²) in [6.45, 7) is 5.42. The number of hydrogen-bond donors (Lipinski definition) is 0. The van der Waals surface area contributed by atoms with Crippen LogP contribution in [0.25, 0.3) is 11.1 Å². The molecule has 1 unspecified atom stereocenters. The summed E-state index contributed by atoms with van der Waals surface area (Å²) in [6, 6.07) is 14.2. The highest BCUT2D eigenvalue weighted by molar-refractivity contribution is 5.83. The molecule has 3 aromatic rings. The second-order valence-electron chi connectivity index (χ2n) is 7.40. The van der Waals surface area contributed by atoms with Gasteiger partial charge in [0.1, 0.15) is 12.1 Å². The number of fused-ring (bicyclic) bond motifs is 1. The van der Waals surface area contributed by atoms with Crippen molar-refractivity contribution in [3.8, 4) is 11.5 Å². The molecule has 1 atom stereocenters. The number of amides is 1. The van der Waals surface area contributed by atoms with Crippen LogP contribution in [0.5, 0.6) is 11.5 Å². The van der Waals surface area contributed by atoms with Gasteiger partial charge in [-0.05, 0) is 38.1 Å². The Kier molecular flexibility index (Phi) is 5.79. The van der Waals surface area contributed by atoms with Crippen molar-refractivity contribution in [2.45, 2.75) is 38.8 Å². The number of hydrogen-bond acceptors (Lipinski definition) is 5. The molecular formula is C23H26N2O5. The number of piperidine rings is 1. The van der Waals surface area contributed by atoms with Gasteiger partial charge in [0.2, 0.25) is 5.91 Å². The smallest absolute Gasteiger partial charge is 0.420 e. The minimum absolute atomic E-state index is 0.0171. The van der Waals surface area contributed by atoms with Crippen molar-refractivity contribution >= 4 is 17.0 Å². The number of para-hydroxylation sites is 4. The summed E-state index contributed by atoms with van der Waals surface area (Å²) >= 11 is 0. The highest BCUT2D eigenvalue weighted by atomic mass is 16.5. The largest absolute Gasteiger partial charge is 0.490 e. The second kappa shape index (κ2) is 8.65. The predicted octanol–water partition coefficient (Wildman–Crippen LogP) is 3.62. The molecule has 2 heterocycles. The molecule has 7 nitrogen and oxygen atoms in total. The number of oxazole rings is 1. The van der Waals surface area contributed by atoms with E-state index in [0.29, 0.717) is 30.8 Å². The van der Waals surface area contributed by atoms with Crippen LogP contribution in [0.4, 0.5) is 0 Å². The fraction of sp³-hybridized carbons (Fsp3) is 0.391. The molecule has 0 aliphatic carbocycles. The molecule has 158 valence electrons. The van der Waals surface area contributed by atoms with Crippen molar-refractivity contribution in [2.24, 2.45) is 0 Å². The van der Waals surface area contributed by atoms with Crippen LogP contribution in [-0.4, -0.2) is 41.2 Å². The average molecular weight is 410 g/mol. The molecule has 1 saturated heterocycles. The van der Waals surface area contributed by atoms with Crippen LogP contribution < -0.4 is 15.2 Å². The van der Waals surface area contributed by atoms with Gasteiger partial charge in [0, 0.05) is 25.9 Å². The van der Waals surface area contributed by atoms with E-state index in [-0.39, 0.29) is 12.0 Å². The van der Waals surface area contributed by atoms with Gasteiger partial charge < -0.3 is 18.8 Å². The fourth-order valence-electron chi connectivity index (χ4n) is 3.92. The summed E-state index contributed by atoms with van der Waals surface area (Å²) in [6.07, 6.45) is 1.46. The van der Waals surface area contributed by atoms with E-state index in [4.69, 9.17) is 13.9 Å². The maximum absolute atomic E-state index is 13.1. The average Bonchev–Trinajstić information content (AvgIpc) is 3.10. The first-order valence-electron chi connectivity index (χ1n) is 10.4. The number of aromatic nitrogens is 1. The summed E-state index contributed by atoms with van der Waals surface area (Å²) in [5.41, 5.74) is 1.12. The van der Waals surface area contributed by atoms with E-state index >= 15 is 0 Å². The Hall–Kier alpha value is -3.22. The van der Waals surface area contributed by atoms with Crippen LogP contribution in [0.2, 0.25) is 0 Å². The summed E-state index contributed by atoms with van der Waals surface area (Å²) < 4.78 is 18.5. The highest BCUT2D eigenvalue weighted by Crippen LogP contribution is 2.30. The summed E-state index contributed by atoms with van der Waals surface area (Å²) in [4.78, 5) is 27.2. The van der Waals surface area contributed by atoms with Crippen molar-refractivity contribution in [1.82, 2.24) is 9.47 Å². The standard InChI is InChI=1S/C23H26N2O5/c1-3-28-20-10-6-7-11-21(20)29-17-12-14-24(15-13-17)22(26)16(2)25-18-8-4-5-9-19(18)30-23(25)27/h4-11,16-17H,3,12-15H2,1-2H3. The Morgan fingerprint density at radius 2 is 1.77 bits per heavy atom. The molecule has 0 N–H and O–H groups in total. The van der Waals surface area contributed by atoms with E-state index in [9.17, 15) is 9.59 Å². The summed E-state index contributed by atoms with van der Waals surface area (Å²) in [5.74, 6) is 0.867. The zero-order valence-corrected chi connectivity index (χ0v) is 17.2. The highest BCUT2D eigenvalue weighted by Gasteiger charge is 2.30. The Morgan fingerprint density at radius 1 is 1.10 bits per heavy atom. The monoisotopic (exact) mass is 410 g/mol. The summed E-state index contributed by atoms with van der Waals surface area (Å²) in [5, 5.41) is 0. The molecule has 0 spiro atoms. The fourth-order valence-corrected chi connectivity index (χ4v) is 3.92. The number of likely N-dealkylation sites (tertiary alicyclic amines) is 1. The Labute approximate surface area is 174 Å². The van der Waals surface area contributed by atoms with Gasteiger partial charge in [0.25, 0.3) is 0 Å². The van der Waals surface area contributed by atoms with E-state index < -0.39 is 11.8 Å². The second-order valence-corrected chi connectivity index (χ2v) is 7.40. The van der Waals surface area contributed by atoms with Gasteiger partial charge in [-0.25, -0.2) is 4.79 Å². The molecule has 4 rings (SSSR count). The lowest BCUT2D eigenvalue weighted by molar-refractivity contribution is -0.136. The van der Waals surface area contributed by atoms with Gasteiger partial charge in [0.05, 0.1) is 12.1 Å². The van der Waals surface area contributed by atoms with Crippen LogP contribution in [0.15, 0.2) is 57.7 Å². The van der Waals surface area contributed by atoms with E-state index in [0.717, 1.165) is 24.3 Å². The Balaban J connectivity index is 1.41. The number of benzene rings is 2. The number of carbonyl (C=O) groups excluding carboxylic acids is 1. The van der Waals surface area contributed by atoms with Crippen molar-refractivity contribution in [3.05, 3.63) is 59.1 Å². The van der Waals surface area contributed by atoms with Crippen molar-refractivity contribution in [3.63, 3.8) is 0 Å². The SMILES string of the molecule is CCOc1ccccc1OC1CCN(C(=O)C(C)n2c(=O)oc3ccccc32)CC1. The van der Waals surface area contributed by atoms with Gasteiger partial charge in [-0.2, -0.15) is 0 Å². The maximum atomic E-state index is 13.1. The minimum Gasteiger partial charge on any atom is -0.490 e. The molecule has 0 saturated carbocycles. The molecule has 2 aromatic carbocycles. The first-order valence-corrected chi connectivity index (χ1v) is 10.4. The van der Waals surface area contributed by atoms with E-state index in [2.05, 4.69) is 0 Å². The molecule has 1 aliphatic rings. The number of nitrogens with zero attached hydrogens (tertiary/aromatic N) is 2. The third kappa shape index (κ3) is 3.92. The molecule has 1 fully saturated rings. The lowest BCUT2D eigenvalue weighted by Gasteiger charge is -2.34. The van der Waals surface area contributed by atoms with Crippen molar-refractivity contribution < 1.29 is 18.7 Å². The zero-order valence-electron chi connectivity index (χ0n) is 17.2. The van der Waals surface area contributed by atoms with Gasteiger partial charge >= 0.3 is 5.76 Å². The third-order valence-corrected chi connectivity index (χ3v) is 5.46. The zero-order chi connectivity index (χ0) is 21.1. The van der Waals surface area contributed by atoms with Gasteiger partial charge in [-0.1, -0.05) is 24.3 Å². The van der Waals surface area contributed by atoms with E-state index in [1.165, 1.54) is 4.57 Å². The normalized spacial score (nSPS) is 15.9. The lowest BCUT2D eigenvalue weighted by Crippen LogP contribution is -2.45. The molecule has 7 heteroatoms. The third-order valence-electron chi connectivity index (χ3n) is 5.46. The van der Waals surface area contributed by atoms with E-state index in [1.807, 2.05) is 37.3 Å². The molecule has 1 amide bonds. The Bertz CT molecular complexity index is 1080. The first-order chi connectivity index (χ1) is 14.6. The molecule has 30 heavy (non-hydrogen) atoms. The van der Waals surface area contributed by atoms with Crippen LogP contribution in [0.3, 0.4) is 0 Å². The van der Waals surface area contributed by atoms with Crippen molar-refractivity contribution in [1.29, 1.82) is 0 Å². The van der Waals surface area contributed by atoms with Crippen molar-refractivity contribution in [2.75, 3.05) is 19.7 Å². The maximum Gasteiger partial charge on any atom is 0.420 e. The molecular weight excluding hydrogens is 384 g/mol. The minimum atomic E-state index is -0.628. The molecule has 0 radical (unpaired) electrons. The van der Waals surface area contributed by atoms with Gasteiger partial charge in [-0.3, -0.25) is 9.36 Å². The molecule has 1 aliphatic heterocycles. The van der Waals surface area contributed by atoms with Gasteiger partial charge in [-0.15, -0.1) is 0 Å². The lowest BCUT2D eigenvalue weighted by atomic mass is 10.1. The number of carbonyl (C=O) groups is 1. The van der Waals surface area contributed by atoms with E-state index in [1.54, 1.807) is 30.0 Å². The van der Waals surface area contributed by atoms with Crippen LogP contribution >= 0.6 is 0 Å². The topological polar surface area (TPSA) is 73.9 Å². The molecule has 1 aromatic heterocycles. The molecule has 0 bridgehead atoms. The van der Waals surface area contributed by atoms with Gasteiger partial charge in [0.15, 0.2) is 17.1 Å². The summed E-state index contributed by atoms with van der Waals surface area (Å²) in [7, 11) is 0. The van der Waals surface area contributed by atoms with Crippen LogP contribution in [0.1, 0.15) is 32.7 Å². The quantitative estimate of drug-likeness (QED) is 0.621. The predicted molar refractivity (Wildman–Crippen MR) is 113 cm³/mol. The Morgan fingerprint density at radius 3 is 2.50 bits per heavy atom. The number of rotatable bonds is 6.